The number of methoxy groups -OCH3 is 1. The minimum absolute atomic E-state index is 0.0107. The van der Waals surface area contributed by atoms with Gasteiger partial charge in [0.05, 0.1) is 13.7 Å². The Labute approximate surface area is 95.5 Å². The van der Waals surface area contributed by atoms with E-state index >= 15 is 0 Å². The molecule has 0 aliphatic heterocycles. The van der Waals surface area contributed by atoms with Crippen molar-refractivity contribution in [3.63, 3.8) is 0 Å². The topological polar surface area (TPSA) is 49.8 Å². The van der Waals surface area contributed by atoms with Gasteiger partial charge in [-0.05, 0) is 12.6 Å². The molecule has 4 heteroatoms. The molecule has 1 unspecified atom stereocenters. The van der Waals surface area contributed by atoms with Crippen LogP contribution >= 0.6 is 0 Å². The molecular formula is C12H17NO3. The summed E-state index contributed by atoms with van der Waals surface area (Å²) in [4.78, 5) is 13.4. The number of nitrogens with zero attached hydrogens (tertiary/aromatic N) is 1. The fourth-order valence-electron chi connectivity index (χ4n) is 1.60. The van der Waals surface area contributed by atoms with Gasteiger partial charge in [-0.2, -0.15) is 0 Å². The van der Waals surface area contributed by atoms with E-state index in [1.807, 2.05) is 30.3 Å². The normalized spacial score (nSPS) is 12.5. The van der Waals surface area contributed by atoms with Crippen LogP contribution < -0.4 is 0 Å². The third-order valence-electron chi connectivity index (χ3n) is 2.43. The molecule has 0 radical (unpaired) electrons. The third kappa shape index (κ3) is 3.05. The van der Waals surface area contributed by atoms with Crippen molar-refractivity contribution in [3.8, 4) is 0 Å². The second-order valence-corrected chi connectivity index (χ2v) is 3.54. The summed E-state index contributed by atoms with van der Waals surface area (Å²) in [6, 6.07) is 8.92. The van der Waals surface area contributed by atoms with Gasteiger partial charge < -0.3 is 9.84 Å². The van der Waals surface area contributed by atoms with Crippen molar-refractivity contribution in [2.45, 2.75) is 6.04 Å². The van der Waals surface area contributed by atoms with Crippen LogP contribution in [0.4, 0.5) is 0 Å². The molecule has 0 aliphatic carbocycles. The molecule has 0 spiro atoms. The number of carbonyl (C=O) groups excluding carboxylic acids is 1. The van der Waals surface area contributed by atoms with E-state index in [9.17, 15) is 4.79 Å². The van der Waals surface area contributed by atoms with Gasteiger partial charge in [-0.25, -0.2) is 4.79 Å². The van der Waals surface area contributed by atoms with E-state index in [1.165, 1.54) is 7.11 Å². The number of hydrogen-bond donors (Lipinski definition) is 1. The van der Waals surface area contributed by atoms with E-state index in [4.69, 9.17) is 9.84 Å². The van der Waals surface area contributed by atoms with Crippen molar-refractivity contribution in [2.24, 2.45) is 0 Å². The number of likely N-dealkylation sites (N-methyl/N-ethyl adjacent to an activating group) is 1. The lowest BCUT2D eigenvalue weighted by Crippen LogP contribution is -2.33. The highest BCUT2D eigenvalue weighted by Gasteiger charge is 2.25. The molecule has 4 nitrogen and oxygen atoms in total. The van der Waals surface area contributed by atoms with E-state index in [-0.39, 0.29) is 12.6 Å². The van der Waals surface area contributed by atoms with Crippen LogP contribution in [0.2, 0.25) is 0 Å². The molecule has 0 bridgehead atoms. The summed E-state index contributed by atoms with van der Waals surface area (Å²) in [7, 11) is 3.15. The molecule has 0 saturated heterocycles. The fourth-order valence-corrected chi connectivity index (χ4v) is 1.60. The van der Waals surface area contributed by atoms with Gasteiger partial charge in [0, 0.05) is 6.54 Å². The van der Waals surface area contributed by atoms with Gasteiger partial charge in [-0.3, -0.25) is 4.90 Å². The summed E-state index contributed by atoms with van der Waals surface area (Å²) >= 11 is 0. The average molecular weight is 223 g/mol. The molecule has 1 atom stereocenters. The zero-order valence-corrected chi connectivity index (χ0v) is 9.59. The summed E-state index contributed by atoms with van der Waals surface area (Å²) < 4.78 is 4.77. The van der Waals surface area contributed by atoms with Crippen LogP contribution in [0.15, 0.2) is 30.3 Å². The lowest BCUT2D eigenvalue weighted by atomic mass is 10.1. The van der Waals surface area contributed by atoms with Crippen molar-refractivity contribution in [1.29, 1.82) is 0 Å². The molecule has 1 rings (SSSR count). The average Bonchev–Trinajstić information content (AvgIpc) is 2.31. The summed E-state index contributed by atoms with van der Waals surface area (Å²) in [6.07, 6.45) is 0. The summed E-state index contributed by atoms with van der Waals surface area (Å²) in [5.74, 6) is -0.317. The quantitative estimate of drug-likeness (QED) is 0.751. The molecule has 16 heavy (non-hydrogen) atoms. The molecule has 0 heterocycles. The number of benzene rings is 1. The first-order chi connectivity index (χ1) is 7.70. The Morgan fingerprint density at radius 3 is 2.56 bits per heavy atom. The van der Waals surface area contributed by atoms with E-state index < -0.39 is 6.04 Å². The maximum atomic E-state index is 11.7. The summed E-state index contributed by atoms with van der Waals surface area (Å²) in [5.41, 5.74) is 0.866. The predicted molar refractivity (Wildman–Crippen MR) is 60.9 cm³/mol. The Balaban J connectivity index is 2.92. The van der Waals surface area contributed by atoms with Crippen LogP contribution in [-0.4, -0.2) is 43.3 Å². The highest BCUT2D eigenvalue weighted by Crippen LogP contribution is 2.20. The summed E-state index contributed by atoms with van der Waals surface area (Å²) in [5, 5.41) is 8.89. The molecule has 0 saturated carbocycles. The molecule has 1 aromatic carbocycles. The standard InChI is InChI=1S/C12H17NO3/c1-13(8-9-14)11(12(15)16-2)10-6-4-3-5-7-10/h3-7,11,14H,8-9H2,1-2H3. The number of carbonyl (C=O) groups is 1. The monoisotopic (exact) mass is 223 g/mol. The van der Waals surface area contributed by atoms with Gasteiger partial charge in [-0.1, -0.05) is 30.3 Å². The second-order valence-electron chi connectivity index (χ2n) is 3.54. The minimum atomic E-state index is -0.460. The Morgan fingerprint density at radius 1 is 1.44 bits per heavy atom. The van der Waals surface area contributed by atoms with E-state index in [2.05, 4.69) is 0 Å². The maximum absolute atomic E-state index is 11.7. The smallest absolute Gasteiger partial charge is 0.327 e. The Morgan fingerprint density at radius 2 is 2.06 bits per heavy atom. The Hall–Kier alpha value is -1.39. The van der Waals surface area contributed by atoms with Gasteiger partial charge in [0.2, 0.25) is 0 Å². The Bertz CT molecular complexity index is 326. The van der Waals surface area contributed by atoms with E-state index in [1.54, 1.807) is 11.9 Å². The van der Waals surface area contributed by atoms with Crippen LogP contribution in [0.5, 0.6) is 0 Å². The number of aliphatic hydroxyl groups is 1. The number of rotatable bonds is 5. The largest absolute Gasteiger partial charge is 0.468 e. The van der Waals surface area contributed by atoms with Gasteiger partial charge in [-0.15, -0.1) is 0 Å². The Kier molecular flexibility index (Phi) is 4.95. The highest BCUT2D eigenvalue weighted by atomic mass is 16.5. The predicted octanol–water partition coefficient (Wildman–Crippen LogP) is 0.825. The van der Waals surface area contributed by atoms with E-state index in [0.29, 0.717) is 6.54 Å². The van der Waals surface area contributed by atoms with Crippen LogP contribution in [0.1, 0.15) is 11.6 Å². The van der Waals surface area contributed by atoms with Crippen molar-refractivity contribution in [1.82, 2.24) is 4.90 Å². The molecule has 0 fully saturated rings. The number of ether oxygens (including phenoxy) is 1. The number of hydrogen-bond acceptors (Lipinski definition) is 4. The third-order valence-corrected chi connectivity index (χ3v) is 2.43. The van der Waals surface area contributed by atoms with E-state index in [0.717, 1.165) is 5.56 Å². The van der Waals surface area contributed by atoms with Gasteiger partial charge >= 0.3 is 5.97 Å². The highest BCUT2D eigenvalue weighted by molar-refractivity contribution is 5.77. The molecular weight excluding hydrogens is 206 g/mol. The van der Waals surface area contributed by atoms with Crippen molar-refractivity contribution in [3.05, 3.63) is 35.9 Å². The van der Waals surface area contributed by atoms with Gasteiger partial charge in [0.25, 0.3) is 0 Å². The van der Waals surface area contributed by atoms with Crippen LogP contribution in [0.3, 0.4) is 0 Å². The second kappa shape index (κ2) is 6.25. The first kappa shape index (κ1) is 12.7. The maximum Gasteiger partial charge on any atom is 0.327 e. The van der Waals surface area contributed by atoms with Crippen molar-refractivity contribution in [2.75, 3.05) is 27.3 Å². The van der Waals surface area contributed by atoms with Crippen molar-refractivity contribution < 1.29 is 14.6 Å². The first-order valence-electron chi connectivity index (χ1n) is 5.14. The first-order valence-corrected chi connectivity index (χ1v) is 5.14. The lowest BCUT2D eigenvalue weighted by Gasteiger charge is -2.25. The van der Waals surface area contributed by atoms with Gasteiger partial charge in [0.15, 0.2) is 0 Å². The molecule has 0 aromatic heterocycles. The molecule has 0 amide bonds. The number of esters is 1. The van der Waals surface area contributed by atoms with Crippen molar-refractivity contribution >= 4 is 5.97 Å². The van der Waals surface area contributed by atoms with Crippen LogP contribution in [-0.2, 0) is 9.53 Å². The zero-order valence-electron chi connectivity index (χ0n) is 9.59. The molecule has 1 N–H and O–H groups in total. The summed E-state index contributed by atoms with van der Waals surface area (Å²) in [6.45, 7) is 0.436. The van der Waals surface area contributed by atoms with Gasteiger partial charge in [0.1, 0.15) is 6.04 Å². The van der Waals surface area contributed by atoms with Crippen LogP contribution in [0, 0.1) is 0 Å². The molecule has 88 valence electrons. The molecule has 1 aromatic rings. The number of aliphatic hydroxyl groups excluding tert-OH is 1. The molecule has 0 aliphatic rings. The lowest BCUT2D eigenvalue weighted by molar-refractivity contribution is -0.146. The minimum Gasteiger partial charge on any atom is -0.468 e. The fraction of sp³-hybridized carbons (Fsp3) is 0.417. The SMILES string of the molecule is COC(=O)C(c1ccccc1)N(C)CCO. The zero-order chi connectivity index (χ0) is 12.0. The van der Waals surface area contributed by atoms with Crippen LogP contribution in [0.25, 0.3) is 0 Å².